The fourth-order valence-corrected chi connectivity index (χ4v) is 4.97. The van der Waals surface area contributed by atoms with Gasteiger partial charge in [0.25, 0.3) is 11.8 Å². The fourth-order valence-electron chi connectivity index (χ4n) is 4.97. The summed E-state index contributed by atoms with van der Waals surface area (Å²) in [6.45, 7) is 2.74. The van der Waals surface area contributed by atoms with Crippen LogP contribution in [0.2, 0.25) is 0 Å². The number of fused-ring (bicyclic) bond motifs is 1. The molecule has 1 heterocycles. The van der Waals surface area contributed by atoms with Gasteiger partial charge in [0.2, 0.25) is 0 Å². The van der Waals surface area contributed by atoms with Gasteiger partial charge in [-0.05, 0) is 73.7 Å². The number of nitrogens with one attached hydrogen (secondary N) is 3. The van der Waals surface area contributed by atoms with Crippen LogP contribution in [0.25, 0.3) is 0 Å². The molecular weight excluding hydrogens is 390 g/mol. The van der Waals surface area contributed by atoms with E-state index < -0.39 is 0 Å². The van der Waals surface area contributed by atoms with Crippen LogP contribution >= 0.6 is 0 Å². The van der Waals surface area contributed by atoms with Crippen molar-refractivity contribution >= 4 is 23.2 Å². The lowest BCUT2D eigenvalue weighted by atomic mass is 9.75. The van der Waals surface area contributed by atoms with Crippen LogP contribution in [0, 0.1) is 11.8 Å². The second-order valence-electron chi connectivity index (χ2n) is 8.78. The van der Waals surface area contributed by atoms with Crippen LogP contribution in [-0.2, 0) is 4.79 Å². The standard InChI is InChI=1S/C25H31N3O3/c1-31-23-12-10-22(11-13-23)27-25(30)19-6-8-21(9-7-19)26-24(29)17-28-15-14-18-4-2-3-5-20(18)16-28/h6-13,18,20H,2-5,14-17H2,1H3,(H,26,29)(H,27,30)/p+1/t18-,20+/m0/s1. The molecule has 2 aliphatic rings. The summed E-state index contributed by atoms with van der Waals surface area (Å²) in [6, 6.07) is 14.2. The van der Waals surface area contributed by atoms with Gasteiger partial charge in [0.1, 0.15) is 5.75 Å². The highest BCUT2D eigenvalue weighted by atomic mass is 16.5. The second-order valence-corrected chi connectivity index (χ2v) is 8.78. The van der Waals surface area contributed by atoms with Crippen molar-refractivity contribution < 1.29 is 19.2 Å². The van der Waals surface area contributed by atoms with E-state index in [1.54, 1.807) is 55.6 Å². The Balaban J connectivity index is 1.26. The van der Waals surface area contributed by atoms with E-state index in [9.17, 15) is 9.59 Å². The predicted octanol–water partition coefficient (Wildman–Crippen LogP) is 2.98. The first kappa shape index (κ1) is 21.4. The van der Waals surface area contributed by atoms with Crippen LogP contribution in [-0.4, -0.2) is 38.6 Å². The van der Waals surface area contributed by atoms with Crippen LogP contribution < -0.4 is 20.3 Å². The smallest absolute Gasteiger partial charge is 0.279 e. The molecule has 31 heavy (non-hydrogen) atoms. The first-order valence-electron chi connectivity index (χ1n) is 11.3. The summed E-state index contributed by atoms with van der Waals surface area (Å²) in [5.41, 5.74) is 1.96. The first-order valence-corrected chi connectivity index (χ1v) is 11.3. The van der Waals surface area contributed by atoms with Gasteiger partial charge in [-0.2, -0.15) is 0 Å². The number of ether oxygens (including phenoxy) is 1. The number of hydrogen-bond donors (Lipinski definition) is 3. The summed E-state index contributed by atoms with van der Waals surface area (Å²) in [5.74, 6) is 2.27. The zero-order valence-corrected chi connectivity index (χ0v) is 18.2. The highest BCUT2D eigenvalue weighted by Crippen LogP contribution is 2.32. The Morgan fingerprint density at radius 2 is 1.55 bits per heavy atom. The second kappa shape index (κ2) is 9.96. The molecule has 0 aromatic heterocycles. The number of benzene rings is 2. The molecule has 3 N–H and O–H groups in total. The van der Waals surface area contributed by atoms with Crippen LogP contribution in [0.3, 0.4) is 0 Å². The lowest BCUT2D eigenvalue weighted by molar-refractivity contribution is -0.902. The Morgan fingerprint density at radius 1 is 0.903 bits per heavy atom. The summed E-state index contributed by atoms with van der Waals surface area (Å²) in [7, 11) is 1.60. The monoisotopic (exact) mass is 422 g/mol. The number of amides is 2. The van der Waals surface area contributed by atoms with Crippen LogP contribution in [0.15, 0.2) is 48.5 Å². The van der Waals surface area contributed by atoms with Crippen molar-refractivity contribution in [2.75, 3.05) is 37.4 Å². The molecule has 3 atom stereocenters. The lowest BCUT2D eigenvalue weighted by Crippen LogP contribution is -3.15. The van der Waals surface area contributed by atoms with Gasteiger partial charge in [-0.25, -0.2) is 0 Å². The number of quaternary nitrogens is 1. The van der Waals surface area contributed by atoms with Crippen molar-refractivity contribution in [3.63, 3.8) is 0 Å². The molecule has 2 aromatic carbocycles. The molecule has 2 amide bonds. The number of anilines is 2. The normalized spacial score (nSPS) is 22.8. The molecule has 1 saturated heterocycles. The highest BCUT2D eigenvalue weighted by molar-refractivity contribution is 6.04. The largest absolute Gasteiger partial charge is 0.497 e. The van der Waals surface area contributed by atoms with Gasteiger partial charge < -0.3 is 20.3 Å². The average Bonchev–Trinajstić information content (AvgIpc) is 2.80. The molecule has 1 aliphatic carbocycles. The molecule has 4 rings (SSSR count). The van der Waals surface area contributed by atoms with Crippen LogP contribution in [0.5, 0.6) is 5.75 Å². The van der Waals surface area contributed by atoms with Crippen molar-refractivity contribution in [1.29, 1.82) is 0 Å². The molecule has 6 nitrogen and oxygen atoms in total. The number of carbonyl (C=O) groups is 2. The highest BCUT2D eigenvalue weighted by Gasteiger charge is 2.34. The molecular formula is C25H32N3O3+. The number of methoxy groups -OCH3 is 1. The van der Waals surface area contributed by atoms with Crippen molar-refractivity contribution in [2.24, 2.45) is 11.8 Å². The van der Waals surface area contributed by atoms with E-state index in [4.69, 9.17) is 4.74 Å². The molecule has 0 bridgehead atoms. The van der Waals surface area contributed by atoms with Crippen molar-refractivity contribution in [2.45, 2.75) is 32.1 Å². The van der Waals surface area contributed by atoms with Gasteiger partial charge in [0.15, 0.2) is 6.54 Å². The SMILES string of the molecule is COc1ccc(NC(=O)c2ccc(NC(=O)C[NH+]3CC[C@@H]4CCCC[C@@H]4C3)cc2)cc1. The third kappa shape index (κ3) is 5.64. The molecule has 2 fully saturated rings. The van der Waals surface area contributed by atoms with Crippen LogP contribution in [0.4, 0.5) is 11.4 Å². The van der Waals surface area contributed by atoms with E-state index in [1.165, 1.54) is 37.0 Å². The minimum absolute atomic E-state index is 0.0414. The van der Waals surface area contributed by atoms with Crippen LogP contribution in [0.1, 0.15) is 42.5 Å². The van der Waals surface area contributed by atoms with E-state index >= 15 is 0 Å². The molecule has 164 valence electrons. The number of rotatable bonds is 6. The number of likely N-dealkylation sites (tertiary alicyclic amines) is 1. The molecule has 6 heteroatoms. The van der Waals surface area contributed by atoms with Gasteiger partial charge >= 0.3 is 0 Å². The van der Waals surface area contributed by atoms with Gasteiger partial charge in [-0.3, -0.25) is 9.59 Å². The summed E-state index contributed by atoms with van der Waals surface area (Å²) in [6.07, 6.45) is 6.69. The first-order chi connectivity index (χ1) is 15.1. The summed E-state index contributed by atoms with van der Waals surface area (Å²) in [4.78, 5) is 26.4. The number of carbonyl (C=O) groups excluding carboxylic acids is 2. The Kier molecular flexibility index (Phi) is 6.87. The quantitative estimate of drug-likeness (QED) is 0.670. The van der Waals surface area contributed by atoms with E-state index in [0.29, 0.717) is 17.8 Å². The van der Waals surface area contributed by atoms with Gasteiger partial charge in [-0.15, -0.1) is 0 Å². The average molecular weight is 423 g/mol. The number of hydrogen-bond acceptors (Lipinski definition) is 3. The Labute approximate surface area is 184 Å². The van der Waals surface area contributed by atoms with Gasteiger partial charge in [-0.1, -0.05) is 12.8 Å². The third-order valence-corrected chi connectivity index (χ3v) is 6.68. The van der Waals surface area contributed by atoms with Crippen molar-refractivity contribution in [1.82, 2.24) is 0 Å². The Morgan fingerprint density at radius 3 is 2.26 bits per heavy atom. The molecule has 1 aliphatic heterocycles. The maximum Gasteiger partial charge on any atom is 0.279 e. The molecule has 0 spiro atoms. The molecule has 0 radical (unpaired) electrons. The van der Waals surface area contributed by atoms with Crippen molar-refractivity contribution in [3.05, 3.63) is 54.1 Å². The van der Waals surface area contributed by atoms with Crippen molar-refractivity contribution in [3.8, 4) is 5.75 Å². The number of piperidine rings is 1. The Bertz CT molecular complexity index is 895. The molecule has 1 saturated carbocycles. The zero-order chi connectivity index (χ0) is 21.6. The minimum atomic E-state index is -0.192. The predicted molar refractivity (Wildman–Crippen MR) is 122 cm³/mol. The summed E-state index contributed by atoms with van der Waals surface area (Å²) >= 11 is 0. The summed E-state index contributed by atoms with van der Waals surface area (Å²) in [5, 5.41) is 5.85. The zero-order valence-electron chi connectivity index (χ0n) is 18.2. The van der Waals surface area contributed by atoms with E-state index in [-0.39, 0.29) is 11.8 Å². The van der Waals surface area contributed by atoms with E-state index in [1.807, 2.05) is 0 Å². The van der Waals surface area contributed by atoms with Gasteiger partial charge in [0.05, 0.1) is 20.2 Å². The lowest BCUT2D eigenvalue weighted by Gasteiger charge is -2.38. The third-order valence-electron chi connectivity index (χ3n) is 6.68. The van der Waals surface area contributed by atoms with Gasteiger partial charge in [0, 0.05) is 22.9 Å². The molecule has 2 aromatic rings. The minimum Gasteiger partial charge on any atom is -0.497 e. The Hall–Kier alpha value is -2.86. The molecule has 1 unspecified atom stereocenters. The summed E-state index contributed by atoms with van der Waals surface area (Å²) < 4.78 is 5.13. The maximum atomic E-state index is 12.5. The van der Waals surface area contributed by atoms with E-state index in [2.05, 4.69) is 10.6 Å². The maximum absolute atomic E-state index is 12.5. The topological polar surface area (TPSA) is 71.9 Å². The fraction of sp³-hybridized carbons (Fsp3) is 0.440. The van der Waals surface area contributed by atoms with E-state index in [0.717, 1.165) is 36.4 Å².